The van der Waals surface area contributed by atoms with Gasteiger partial charge in [-0.3, -0.25) is 14.4 Å². The van der Waals surface area contributed by atoms with Crippen LogP contribution in [0.25, 0.3) is 10.8 Å². The summed E-state index contributed by atoms with van der Waals surface area (Å²) < 4.78 is 0. The Morgan fingerprint density at radius 3 is 2.34 bits per heavy atom. The maximum Gasteiger partial charge on any atom is 0.265 e. The second-order valence-corrected chi connectivity index (χ2v) is 8.19. The van der Waals surface area contributed by atoms with E-state index in [1.165, 1.54) is 16.2 Å². The SMILES string of the molecule is CN(CC(=O)Nc1cccc2ccccc12)C(=O)c1ccc(NC(=O)c2cccs2)cc1. The molecule has 0 bridgehead atoms. The van der Waals surface area contributed by atoms with E-state index >= 15 is 0 Å². The average Bonchev–Trinajstić information content (AvgIpc) is 3.34. The summed E-state index contributed by atoms with van der Waals surface area (Å²) >= 11 is 1.36. The normalized spacial score (nSPS) is 10.5. The fourth-order valence-electron chi connectivity index (χ4n) is 3.33. The third-order valence-electron chi connectivity index (χ3n) is 4.93. The van der Waals surface area contributed by atoms with Crippen molar-refractivity contribution in [2.24, 2.45) is 0 Å². The minimum absolute atomic E-state index is 0.0844. The molecule has 32 heavy (non-hydrogen) atoms. The first-order chi connectivity index (χ1) is 15.5. The van der Waals surface area contributed by atoms with E-state index in [2.05, 4.69) is 10.6 Å². The van der Waals surface area contributed by atoms with Gasteiger partial charge in [0.25, 0.3) is 11.8 Å². The molecule has 0 aliphatic heterocycles. The van der Waals surface area contributed by atoms with Crippen LogP contribution >= 0.6 is 11.3 Å². The number of rotatable bonds is 6. The molecule has 0 saturated carbocycles. The van der Waals surface area contributed by atoms with Crippen molar-refractivity contribution in [2.45, 2.75) is 0 Å². The fraction of sp³-hybridized carbons (Fsp3) is 0.0800. The second kappa shape index (κ2) is 9.45. The van der Waals surface area contributed by atoms with Gasteiger partial charge in [-0.1, -0.05) is 42.5 Å². The van der Waals surface area contributed by atoms with Crippen LogP contribution in [-0.4, -0.2) is 36.2 Å². The number of thiophene rings is 1. The van der Waals surface area contributed by atoms with Gasteiger partial charge in [0.1, 0.15) is 0 Å². The molecule has 3 amide bonds. The van der Waals surface area contributed by atoms with Gasteiger partial charge >= 0.3 is 0 Å². The fourth-order valence-corrected chi connectivity index (χ4v) is 3.95. The molecule has 0 spiro atoms. The highest BCUT2D eigenvalue weighted by atomic mass is 32.1. The molecule has 6 nitrogen and oxygen atoms in total. The van der Waals surface area contributed by atoms with Crippen molar-refractivity contribution in [2.75, 3.05) is 24.2 Å². The van der Waals surface area contributed by atoms with Crippen LogP contribution in [0.1, 0.15) is 20.0 Å². The zero-order chi connectivity index (χ0) is 22.5. The molecule has 1 heterocycles. The minimum Gasteiger partial charge on any atom is -0.332 e. The van der Waals surface area contributed by atoms with Crippen LogP contribution in [0.5, 0.6) is 0 Å². The topological polar surface area (TPSA) is 78.5 Å². The first kappa shape index (κ1) is 21.3. The van der Waals surface area contributed by atoms with Gasteiger partial charge in [-0.15, -0.1) is 11.3 Å². The standard InChI is InChI=1S/C25H21N3O3S/c1-28(16-23(29)27-21-9-4-7-17-6-2-3-8-20(17)21)25(31)18-11-13-19(14-12-18)26-24(30)22-10-5-15-32-22/h2-15H,16H2,1H3,(H,26,30)(H,27,29). The molecule has 4 rings (SSSR count). The highest BCUT2D eigenvalue weighted by molar-refractivity contribution is 7.12. The molecule has 7 heteroatoms. The molecule has 160 valence electrons. The van der Waals surface area contributed by atoms with Gasteiger partial charge in [0, 0.05) is 29.4 Å². The number of carbonyl (C=O) groups is 3. The van der Waals surface area contributed by atoms with E-state index in [0.717, 1.165) is 10.8 Å². The number of amides is 3. The lowest BCUT2D eigenvalue weighted by molar-refractivity contribution is -0.116. The number of hydrogen-bond donors (Lipinski definition) is 2. The summed E-state index contributed by atoms with van der Waals surface area (Å²) in [4.78, 5) is 39.4. The Morgan fingerprint density at radius 2 is 1.59 bits per heavy atom. The summed E-state index contributed by atoms with van der Waals surface area (Å²) in [5, 5.41) is 9.49. The quantitative estimate of drug-likeness (QED) is 0.447. The number of likely N-dealkylation sites (N-methyl/N-ethyl adjacent to an activating group) is 1. The molecule has 0 radical (unpaired) electrons. The number of benzene rings is 3. The number of nitrogens with one attached hydrogen (secondary N) is 2. The first-order valence-electron chi connectivity index (χ1n) is 9.99. The Labute approximate surface area is 189 Å². The van der Waals surface area contributed by atoms with Gasteiger partial charge in [0.15, 0.2) is 0 Å². The van der Waals surface area contributed by atoms with Gasteiger partial charge in [0.05, 0.1) is 11.4 Å². The van der Waals surface area contributed by atoms with Gasteiger partial charge in [-0.2, -0.15) is 0 Å². The molecule has 1 aromatic heterocycles. The molecule has 0 fully saturated rings. The number of hydrogen-bond acceptors (Lipinski definition) is 4. The zero-order valence-electron chi connectivity index (χ0n) is 17.4. The molecule has 2 N–H and O–H groups in total. The van der Waals surface area contributed by atoms with Crippen molar-refractivity contribution >= 4 is 51.2 Å². The van der Waals surface area contributed by atoms with Crippen molar-refractivity contribution in [3.05, 3.63) is 94.7 Å². The van der Waals surface area contributed by atoms with Crippen LogP contribution in [-0.2, 0) is 4.79 Å². The maximum atomic E-state index is 12.7. The first-order valence-corrected chi connectivity index (χ1v) is 10.9. The van der Waals surface area contributed by atoms with Crippen LogP contribution < -0.4 is 10.6 Å². The lowest BCUT2D eigenvalue weighted by Crippen LogP contribution is -2.34. The molecule has 4 aromatic rings. The van der Waals surface area contributed by atoms with E-state index in [4.69, 9.17) is 0 Å². The van der Waals surface area contributed by atoms with E-state index < -0.39 is 0 Å². The number of fused-ring (bicyclic) bond motifs is 1. The average molecular weight is 444 g/mol. The molecule has 0 aliphatic rings. The van der Waals surface area contributed by atoms with Crippen molar-refractivity contribution < 1.29 is 14.4 Å². The van der Waals surface area contributed by atoms with Crippen LogP contribution in [0, 0.1) is 0 Å². The highest BCUT2D eigenvalue weighted by Crippen LogP contribution is 2.23. The minimum atomic E-state index is -0.283. The van der Waals surface area contributed by atoms with E-state index in [9.17, 15) is 14.4 Å². The Morgan fingerprint density at radius 1 is 0.844 bits per heavy atom. The van der Waals surface area contributed by atoms with Gasteiger partial charge in [-0.05, 0) is 47.2 Å². The molecule has 3 aromatic carbocycles. The monoisotopic (exact) mass is 443 g/mol. The van der Waals surface area contributed by atoms with Crippen molar-refractivity contribution in [3.63, 3.8) is 0 Å². The van der Waals surface area contributed by atoms with Crippen molar-refractivity contribution in [3.8, 4) is 0 Å². The van der Waals surface area contributed by atoms with Gasteiger partial charge in [0.2, 0.25) is 5.91 Å². The summed E-state index contributed by atoms with van der Waals surface area (Å²) in [5.41, 5.74) is 1.73. The number of nitrogens with zero attached hydrogens (tertiary/aromatic N) is 1. The lowest BCUT2D eigenvalue weighted by atomic mass is 10.1. The van der Waals surface area contributed by atoms with Crippen LogP contribution in [0.4, 0.5) is 11.4 Å². The predicted molar refractivity (Wildman–Crippen MR) is 128 cm³/mol. The van der Waals surface area contributed by atoms with E-state index in [1.54, 1.807) is 37.4 Å². The van der Waals surface area contributed by atoms with E-state index in [1.807, 2.05) is 53.9 Å². The van der Waals surface area contributed by atoms with Crippen LogP contribution in [0.3, 0.4) is 0 Å². The highest BCUT2D eigenvalue weighted by Gasteiger charge is 2.16. The number of anilines is 2. The van der Waals surface area contributed by atoms with Gasteiger partial charge in [-0.25, -0.2) is 0 Å². The second-order valence-electron chi connectivity index (χ2n) is 7.24. The summed E-state index contributed by atoms with van der Waals surface area (Å²) in [6.07, 6.45) is 0. The number of carbonyl (C=O) groups excluding carboxylic acids is 3. The summed E-state index contributed by atoms with van der Waals surface area (Å²) in [6.45, 7) is -0.0844. The third-order valence-corrected chi connectivity index (χ3v) is 5.79. The van der Waals surface area contributed by atoms with Crippen LogP contribution in [0.2, 0.25) is 0 Å². The third kappa shape index (κ3) is 4.84. The molecule has 0 saturated heterocycles. The largest absolute Gasteiger partial charge is 0.332 e. The van der Waals surface area contributed by atoms with E-state index in [0.29, 0.717) is 21.8 Å². The molecular weight excluding hydrogens is 422 g/mol. The van der Waals surface area contributed by atoms with Gasteiger partial charge < -0.3 is 15.5 Å². The van der Waals surface area contributed by atoms with Crippen molar-refractivity contribution in [1.29, 1.82) is 0 Å². The lowest BCUT2D eigenvalue weighted by Gasteiger charge is -2.17. The predicted octanol–water partition coefficient (Wildman–Crippen LogP) is 4.86. The van der Waals surface area contributed by atoms with Crippen LogP contribution in [0.15, 0.2) is 84.2 Å². The zero-order valence-corrected chi connectivity index (χ0v) is 18.2. The Balaban J connectivity index is 1.36. The molecular formula is C25H21N3O3S. The smallest absolute Gasteiger partial charge is 0.265 e. The Kier molecular flexibility index (Phi) is 6.28. The summed E-state index contributed by atoms with van der Waals surface area (Å²) in [6, 6.07) is 23.6. The summed E-state index contributed by atoms with van der Waals surface area (Å²) in [5.74, 6) is -0.757. The molecule has 0 unspecified atom stereocenters. The molecule has 0 atom stereocenters. The molecule has 0 aliphatic carbocycles. The van der Waals surface area contributed by atoms with Crippen molar-refractivity contribution in [1.82, 2.24) is 4.90 Å². The van der Waals surface area contributed by atoms with E-state index in [-0.39, 0.29) is 24.3 Å². The Hall–Kier alpha value is -3.97. The summed E-state index contributed by atoms with van der Waals surface area (Å²) in [7, 11) is 1.58. The maximum absolute atomic E-state index is 12.7. The Bertz CT molecular complexity index is 1260.